The summed E-state index contributed by atoms with van der Waals surface area (Å²) in [5.41, 5.74) is -0.0940. The summed E-state index contributed by atoms with van der Waals surface area (Å²) >= 11 is 7.06. The van der Waals surface area contributed by atoms with Crippen molar-refractivity contribution in [3.05, 3.63) is 45.1 Å². The van der Waals surface area contributed by atoms with E-state index in [0.717, 1.165) is 11.3 Å². The first kappa shape index (κ1) is 29.0. The molecule has 0 aliphatic carbocycles. The molecule has 2 heterocycles. The first-order chi connectivity index (χ1) is 17.6. The van der Waals surface area contributed by atoms with E-state index in [4.69, 9.17) is 16.3 Å². The molecule has 3 amide bonds. The molecule has 12 heteroatoms. The van der Waals surface area contributed by atoms with E-state index in [9.17, 15) is 23.2 Å². The zero-order chi connectivity index (χ0) is 27.1. The first-order valence-corrected chi connectivity index (χ1v) is 13.2. The highest BCUT2D eigenvalue weighted by atomic mass is 35.5. The van der Waals surface area contributed by atoms with Crippen LogP contribution in [0.15, 0.2) is 30.3 Å². The Morgan fingerprint density at radius 3 is 2.59 bits per heavy atom. The predicted molar refractivity (Wildman–Crippen MR) is 141 cm³/mol. The molecule has 1 saturated heterocycles. The van der Waals surface area contributed by atoms with Gasteiger partial charge in [0.2, 0.25) is 5.91 Å². The molecule has 2 N–H and O–H groups in total. The number of nitrogens with zero attached hydrogens (tertiary/aromatic N) is 2. The van der Waals surface area contributed by atoms with E-state index in [1.807, 2.05) is 25.7 Å². The number of carbonyl (C=O) groups excluding carboxylic acids is 3. The van der Waals surface area contributed by atoms with Gasteiger partial charge in [0.15, 0.2) is 0 Å². The molecular weight excluding hydrogens is 526 g/mol. The number of anilines is 2. The van der Waals surface area contributed by atoms with Crippen LogP contribution in [0.5, 0.6) is 0 Å². The fourth-order valence-electron chi connectivity index (χ4n) is 4.10. The second kappa shape index (κ2) is 13.3. The number of alkyl halides is 2. The van der Waals surface area contributed by atoms with Gasteiger partial charge in [-0.15, -0.1) is 11.3 Å². The van der Waals surface area contributed by atoms with Gasteiger partial charge in [0.25, 0.3) is 18.2 Å². The number of hydrogen-bond donors (Lipinski definition) is 2. The predicted octanol–water partition coefficient (Wildman–Crippen LogP) is 4.42. The van der Waals surface area contributed by atoms with E-state index in [1.165, 1.54) is 23.1 Å². The molecule has 3 rings (SSSR count). The van der Waals surface area contributed by atoms with Crippen LogP contribution in [0.2, 0.25) is 4.34 Å². The fourth-order valence-corrected chi connectivity index (χ4v) is 5.06. The smallest absolute Gasteiger partial charge is 0.265 e. The zero-order valence-electron chi connectivity index (χ0n) is 20.9. The van der Waals surface area contributed by atoms with Crippen molar-refractivity contribution in [3.63, 3.8) is 0 Å². The van der Waals surface area contributed by atoms with Crippen LogP contribution in [0.1, 0.15) is 42.4 Å². The normalized spacial score (nSPS) is 14.9. The maximum Gasteiger partial charge on any atom is 0.265 e. The SMILES string of the molecule is CCN(CC(C)C)[C@@H](CNC(=O)c1ccc(Cl)s1)C(=O)Nc1ccc(N2CCOCC2=O)c(C(F)F)c1. The van der Waals surface area contributed by atoms with Crippen LogP contribution in [0, 0.1) is 5.92 Å². The Bertz CT molecular complexity index is 1110. The molecule has 0 saturated carbocycles. The largest absolute Gasteiger partial charge is 0.370 e. The molecule has 8 nitrogen and oxygen atoms in total. The van der Waals surface area contributed by atoms with Crippen LogP contribution in [0.3, 0.4) is 0 Å². The Hall–Kier alpha value is -2.60. The summed E-state index contributed by atoms with van der Waals surface area (Å²) < 4.78 is 33.4. The Labute approximate surface area is 223 Å². The summed E-state index contributed by atoms with van der Waals surface area (Å²) in [7, 11) is 0. The van der Waals surface area contributed by atoms with E-state index in [2.05, 4.69) is 10.6 Å². The number of halogens is 3. The number of ether oxygens (including phenoxy) is 1. The summed E-state index contributed by atoms with van der Waals surface area (Å²) in [6, 6.07) is 6.56. The number of carbonyl (C=O) groups is 3. The van der Waals surface area contributed by atoms with E-state index < -0.39 is 24.3 Å². The lowest BCUT2D eigenvalue weighted by Gasteiger charge is -2.31. The quantitative estimate of drug-likeness (QED) is 0.428. The van der Waals surface area contributed by atoms with Gasteiger partial charge >= 0.3 is 0 Å². The van der Waals surface area contributed by atoms with Crippen molar-refractivity contribution >= 4 is 52.0 Å². The molecule has 1 aromatic carbocycles. The van der Waals surface area contributed by atoms with Crippen molar-refractivity contribution < 1.29 is 27.9 Å². The maximum absolute atomic E-state index is 13.9. The van der Waals surface area contributed by atoms with E-state index in [0.29, 0.717) is 22.3 Å². The summed E-state index contributed by atoms with van der Waals surface area (Å²) in [6.07, 6.45) is -2.86. The number of rotatable bonds is 11. The molecule has 202 valence electrons. The second-order valence-electron chi connectivity index (χ2n) is 8.97. The third-order valence-corrected chi connectivity index (χ3v) is 7.04. The number of benzene rings is 1. The average molecular weight is 557 g/mol. The van der Waals surface area contributed by atoms with Gasteiger partial charge in [-0.2, -0.15) is 0 Å². The van der Waals surface area contributed by atoms with Gasteiger partial charge in [-0.25, -0.2) is 8.78 Å². The second-order valence-corrected chi connectivity index (χ2v) is 10.7. The lowest BCUT2D eigenvalue weighted by atomic mass is 10.1. The van der Waals surface area contributed by atoms with Crippen molar-refractivity contribution in [3.8, 4) is 0 Å². The van der Waals surface area contributed by atoms with Gasteiger partial charge in [-0.3, -0.25) is 19.3 Å². The molecule has 0 radical (unpaired) electrons. The minimum atomic E-state index is -2.86. The van der Waals surface area contributed by atoms with Crippen LogP contribution < -0.4 is 15.5 Å². The number of amides is 3. The van der Waals surface area contributed by atoms with Gasteiger partial charge < -0.3 is 20.3 Å². The van der Waals surface area contributed by atoms with Gasteiger partial charge in [0.05, 0.1) is 21.5 Å². The van der Waals surface area contributed by atoms with Gasteiger partial charge in [-0.05, 0) is 42.8 Å². The summed E-state index contributed by atoms with van der Waals surface area (Å²) in [4.78, 5) is 41.8. The fraction of sp³-hybridized carbons (Fsp3) is 0.480. The number of morpholine rings is 1. The first-order valence-electron chi connectivity index (χ1n) is 12.0. The molecule has 1 aromatic heterocycles. The molecule has 1 aliphatic heterocycles. The lowest BCUT2D eigenvalue weighted by Crippen LogP contribution is -2.51. The highest BCUT2D eigenvalue weighted by molar-refractivity contribution is 7.18. The van der Waals surface area contributed by atoms with Crippen molar-refractivity contribution in [1.82, 2.24) is 10.2 Å². The molecule has 1 fully saturated rings. The van der Waals surface area contributed by atoms with Crippen molar-refractivity contribution in [1.29, 1.82) is 0 Å². The minimum Gasteiger partial charge on any atom is -0.370 e. The highest BCUT2D eigenvalue weighted by Crippen LogP contribution is 2.33. The molecule has 37 heavy (non-hydrogen) atoms. The van der Waals surface area contributed by atoms with Crippen LogP contribution in [-0.4, -0.2) is 68.1 Å². The molecular formula is C25H31ClF2N4O4S. The molecule has 2 aromatic rings. The van der Waals surface area contributed by atoms with Crippen LogP contribution in [0.25, 0.3) is 0 Å². The number of hydrogen-bond acceptors (Lipinski definition) is 6. The third kappa shape index (κ3) is 7.70. The molecule has 0 bridgehead atoms. The summed E-state index contributed by atoms with van der Waals surface area (Å²) in [6.45, 7) is 7.34. The van der Waals surface area contributed by atoms with Crippen LogP contribution >= 0.6 is 22.9 Å². The Morgan fingerprint density at radius 1 is 1.24 bits per heavy atom. The Balaban J connectivity index is 1.81. The summed E-state index contributed by atoms with van der Waals surface area (Å²) in [5.74, 6) is -0.949. The minimum absolute atomic E-state index is 0.0167. The van der Waals surface area contributed by atoms with E-state index >= 15 is 0 Å². The van der Waals surface area contributed by atoms with Crippen molar-refractivity contribution in [2.24, 2.45) is 5.92 Å². The molecule has 1 aliphatic rings. The van der Waals surface area contributed by atoms with Crippen LogP contribution in [0.4, 0.5) is 20.2 Å². The topological polar surface area (TPSA) is 91.0 Å². The Morgan fingerprint density at radius 2 is 2.00 bits per heavy atom. The standard InChI is InChI=1S/C25H31ClF2N4O4S/c1-4-31(13-15(2)3)19(12-29-25(35)20-7-8-21(26)37-20)24(34)30-16-5-6-18(17(11-16)23(27)28)32-9-10-36-14-22(32)33/h5-8,11,15,19,23H,4,9-10,12-14H2,1-3H3,(H,29,35)(H,30,34)/t19-/m0/s1. The molecule has 0 unspecified atom stereocenters. The van der Waals surface area contributed by atoms with E-state index in [-0.39, 0.29) is 55.1 Å². The highest BCUT2D eigenvalue weighted by Gasteiger charge is 2.29. The molecule has 0 spiro atoms. The number of likely N-dealkylation sites (N-methyl/N-ethyl adjacent to an activating group) is 1. The average Bonchev–Trinajstić information content (AvgIpc) is 3.29. The zero-order valence-corrected chi connectivity index (χ0v) is 22.5. The third-order valence-electron chi connectivity index (χ3n) is 5.81. The molecule has 1 atom stereocenters. The van der Waals surface area contributed by atoms with Crippen molar-refractivity contribution in [2.75, 3.05) is 49.6 Å². The lowest BCUT2D eigenvalue weighted by molar-refractivity contribution is -0.125. The monoisotopic (exact) mass is 556 g/mol. The number of thiophene rings is 1. The van der Waals surface area contributed by atoms with Crippen molar-refractivity contribution in [2.45, 2.75) is 33.2 Å². The Kier molecular flexibility index (Phi) is 10.4. The van der Waals surface area contributed by atoms with Gasteiger partial charge in [0.1, 0.15) is 12.6 Å². The van der Waals surface area contributed by atoms with E-state index in [1.54, 1.807) is 12.1 Å². The maximum atomic E-state index is 13.9. The van der Waals surface area contributed by atoms with Crippen LogP contribution in [-0.2, 0) is 14.3 Å². The number of nitrogens with one attached hydrogen (secondary N) is 2. The summed E-state index contributed by atoms with van der Waals surface area (Å²) in [5, 5.41) is 5.51. The van der Waals surface area contributed by atoms with Gasteiger partial charge in [0, 0.05) is 30.9 Å². The van der Waals surface area contributed by atoms with Gasteiger partial charge in [-0.1, -0.05) is 32.4 Å².